The predicted octanol–water partition coefficient (Wildman–Crippen LogP) is 4.12. The zero-order valence-corrected chi connectivity index (χ0v) is 21.7. The lowest BCUT2D eigenvalue weighted by Crippen LogP contribution is -2.43. The van der Waals surface area contributed by atoms with Crippen molar-refractivity contribution in [1.82, 2.24) is 5.32 Å². The number of nitrogens with two attached hydrogens (primary N) is 2. The van der Waals surface area contributed by atoms with E-state index in [4.69, 9.17) is 16.2 Å². The van der Waals surface area contributed by atoms with Crippen molar-refractivity contribution in [1.29, 1.82) is 0 Å². The Balaban J connectivity index is 1.58. The number of carbonyl (C=O) groups is 3. The number of hydrogen-bond acceptors (Lipinski definition) is 6. The van der Waals surface area contributed by atoms with E-state index in [1.165, 1.54) is 11.3 Å². The maximum atomic E-state index is 12.8. The molecule has 6 N–H and O–H groups in total. The summed E-state index contributed by atoms with van der Waals surface area (Å²) in [5.41, 5.74) is 12.0. The van der Waals surface area contributed by atoms with E-state index in [1.54, 1.807) is 6.07 Å². The van der Waals surface area contributed by atoms with Gasteiger partial charge < -0.3 is 21.5 Å². The third kappa shape index (κ3) is 7.93. The lowest BCUT2D eigenvalue weighted by molar-refractivity contribution is -0.151. The number of carbonyl (C=O) groups excluding carboxylic acids is 3. The number of rotatable bonds is 11. The van der Waals surface area contributed by atoms with Crippen LogP contribution in [-0.4, -0.2) is 36.6 Å². The number of hydrogen-bond donors (Lipinski definition) is 4. The molecule has 3 atom stereocenters. The van der Waals surface area contributed by atoms with Gasteiger partial charge in [0, 0.05) is 17.8 Å². The Morgan fingerprint density at radius 2 is 1.91 bits per heavy atom. The van der Waals surface area contributed by atoms with E-state index in [0.29, 0.717) is 23.9 Å². The lowest BCUT2D eigenvalue weighted by Gasteiger charge is -2.27. The average Bonchev–Trinajstić information content (AvgIpc) is 3.41. The first-order chi connectivity index (χ1) is 16.6. The van der Waals surface area contributed by atoms with Crippen LogP contribution in [0.1, 0.15) is 68.1 Å². The van der Waals surface area contributed by atoms with Crippen LogP contribution in [0, 0.1) is 17.8 Å². The smallest absolute Gasteiger partial charge is 0.323 e. The van der Waals surface area contributed by atoms with Gasteiger partial charge in [-0.3, -0.25) is 14.9 Å². The molecular weight excluding hydrogens is 464 g/mol. The molecule has 1 saturated carbocycles. The van der Waals surface area contributed by atoms with Crippen LogP contribution in [0.15, 0.2) is 29.9 Å². The number of thiophene rings is 1. The minimum Gasteiger partial charge on any atom is -0.461 e. The number of ether oxygens (including phenoxy) is 1. The van der Waals surface area contributed by atoms with Crippen LogP contribution in [0.4, 0.5) is 9.80 Å². The Bertz CT molecular complexity index is 978. The fourth-order valence-electron chi connectivity index (χ4n) is 4.69. The van der Waals surface area contributed by atoms with Crippen molar-refractivity contribution in [2.24, 2.45) is 29.2 Å². The number of nitrogens with one attached hydrogen (secondary N) is 2. The molecule has 0 radical (unpaired) electrons. The van der Waals surface area contributed by atoms with E-state index in [2.05, 4.69) is 49.6 Å². The lowest BCUT2D eigenvalue weighted by atomic mass is 9.85. The van der Waals surface area contributed by atoms with Crippen LogP contribution in [0.5, 0.6) is 0 Å². The van der Waals surface area contributed by atoms with Crippen LogP contribution in [0.2, 0.25) is 0 Å². The molecule has 1 fully saturated rings. The van der Waals surface area contributed by atoms with Gasteiger partial charge in [0.05, 0.1) is 5.56 Å². The summed E-state index contributed by atoms with van der Waals surface area (Å²) < 4.78 is 5.78. The molecule has 2 unspecified atom stereocenters. The number of esters is 1. The summed E-state index contributed by atoms with van der Waals surface area (Å²) in [6, 6.07) is 0.679. The molecule has 8 nitrogen and oxygen atoms in total. The zero-order valence-electron chi connectivity index (χ0n) is 20.8. The second-order valence-corrected chi connectivity index (χ2v) is 11.2. The summed E-state index contributed by atoms with van der Waals surface area (Å²) in [7, 11) is 0. The molecule has 1 aromatic rings. The maximum Gasteiger partial charge on any atom is 0.323 e. The number of amides is 3. The molecule has 0 spiro atoms. The van der Waals surface area contributed by atoms with Gasteiger partial charge in [0.2, 0.25) is 0 Å². The van der Waals surface area contributed by atoms with Gasteiger partial charge in [0.1, 0.15) is 17.1 Å². The standard InChI is InChI=1S/C26H38N4O4S/c1-15(2)10-22(25(32)34-19-6-4-5-7-19)29-14-18-9-8-17(11-16(18)3)12-20-13-21(23(27)31)24(35-20)30-26(28)33/h8-9,11,13,15-16,18-19,22,29H,4-7,10,12,14H2,1-3H3,(H2,27,31)(H3,28,30,33)/t16?,18?,22-/m0/s1. The van der Waals surface area contributed by atoms with Crippen molar-refractivity contribution in [3.63, 3.8) is 0 Å². The van der Waals surface area contributed by atoms with Crippen LogP contribution >= 0.6 is 11.3 Å². The van der Waals surface area contributed by atoms with E-state index in [0.717, 1.165) is 42.6 Å². The molecule has 3 rings (SSSR count). The Morgan fingerprint density at radius 1 is 1.20 bits per heavy atom. The third-order valence-corrected chi connectivity index (χ3v) is 7.60. The van der Waals surface area contributed by atoms with Crippen LogP contribution in [0.25, 0.3) is 0 Å². The average molecular weight is 503 g/mol. The van der Waals surface area contributed by atoms with Crippen molar-refractivity contribution in [3.05, 3.63) is 40.3 Å². The Labute approximate surface area is 211 Å². The van der Waals surface area contributed by atoms with E-state index in [-0.39, 0.29) is 35.5 Å². The molecule has 0 aliphatic heterocycles. The van der Waals surface area contributed by atoms with Crippen molar-refractivity contribution < 1.29 is 19.1 Å². The van der Waals surface area contributed by atoms with Crippen molar-refractivity contribution in [2.45, 2.75) is 71.4 Å². The summed E-state index contributed by atoms with van der Waals surface area (Å²) in [5.74, 6) is 0.180. The van der Waals surface area contributed by atoms with Gasteiger partial charge in [0.25, 0.3) is 5.91 Å². The Morgan fingerprint density at radius 3 is 2.51 bits per heavy atom. The molecule has 1 aromatic heterocycles. The van der Waals surface area contributed by atoms with Gasteiger partial charge >= 0.3 is 12.0 Å². The van der Waals surface area contributed by atoms with E-state index in [1.807, 2.05) is 0 Å². The normalized spacial score (nSPS) is 21.1. The van der Waals surface area contributed by atoms with Gasteiger partial charge in [-0.15, -0.1) is 11.3 Å². The minimum absolute atomic E-state index is 0.0731. The van der Waals surface area contributed by atoms with E-state index in [9.17, 15) is 14.4 Å². The largest absolute Gasteiger partial charge is 0.461 e. The predicted molar refractivity (Wildman–Crippen MR) is 139 cm³/mol. The maximum absolute atomic E-state index is 12.8. The van der Waals surface area contributed by atoms with Crippen molar-refractivity contribution in [2.75, 3.05) is 11.9 Å². The molecule has 35 heavy (non-hydrogen) atoms. The monoisotopic (exact) mass is 502 g/mol. The first kappa shape index (κ1) is 26.9. The fraction of sp³-hybridized carbons (Fsp3) is 0.577. The quantitative estimate of drug-likeness (QED) is 0.337. The zero-order chi connectivity index (χ0) is 25.5. The van der Waals surface area contributed by atoms with Gasteiger partial charge in [-0.25, -0.2) is 4.79 Å². The fourth-order valence-corrected chi connectivity index (χ4v) is 5.79. The molecule has 2 aliphatic rings. The molecular formula is C26H38N4O4S. The van der Waals surface area contributed by atoms with Gasteiger partial charge in [-0.1, -0.05) is 39.0 Å². The Kier molecular flexibility index (Phi) is 9.51. The summed E-state index contributed by atoms with van der Waals surface area (Å²) in [6.45, 7) is 7.09. The highest BCUT2D eigenvalue weighted by molar-refractivity contribution is 7.16. The first-order valence-electron chi connectivity index (χ1n) is 12.4. The highest BCUT2D eigenvalue weighted by atomic mass is 32.1. The molecule has 3 amide bonds. The Hall–Kier alpha value is -2.65. The van der Waals surface area contributed by atoms with Gasteiger partial charge in [-0.2, -0.15) is 0 Å². The van der Waals surface area contributed by atoms with Crippen molar-refractivity contribution >= 4 is 34.2 Å². The molecule has 0 aromatic carbocycles. The van der Waals surface area contributed by atoms with Crippen LogP contribution in [-0.2, 0) is 16.0 Å². The van der Waals surface area contributed by atoms with E-state index < -0.39 is 11.9 Å². The second-order valence-electron chi connectivity index (χ2n) is 10.0. The summed E-state index contributed by atoms with van der Waals surface area (Å²) >= 11 is 1.30. The minimum atomic E-state index is -0.732. The summed E-state index contributed by atoms with van der Waals surface area (Å²) in [4.78, 5) is 36.7. The highest BCUT2D eigenvalue weighted by Gasteiger charge is 2.27. The molecule has 192 valence electrons. The summed E-state index contributed by atoms with van der Waals surface area (Å²) in [5, 5.41) is 6.32. The molecule has 9 heteroatoms. The summed E-state index contributed by atoms with van der Waals surface area (Å²) in [6.07, 6.45) is 12.1. The third-order valence-electron chi connectivity index (χ3n) is 6.55. The van der Waals surface area contributed by atoms with E-state index >= 15 is 0 Å². The molecule has 1 heterocycles. The van der Waals surface area contributed by atoms with Gasteiger partial charge in [0.15, 0.2) is 0 Å². The SMILES string of the molecule is CC(C)C[C@H](NCC1C=CC(Cc2cc(C(N)=O)c(NC(N)=O)s2)=CC1C)C(=O)OC1CCCC1. The number of allylic oxidation sites excluding steroid dienone is 3. The molecule has 2 aliphatic carbocycles. The van der Waals surface area contributed by atoms with Crippen LogP contribution < -0.4 is 22.1 Å². The van der Waals surface area contributed by atoms with Crippen molar-refractivity contribution in [3.8, 4) is 0 Å². The van der Waals surface area contributed by atoms with Gasteiger partial charge in [-0.05, 0) is 61.5 Å². The van der Waals surface area contributed by atoms with Crippen LogP contribution in [0.3, 0.4) is 0 Å². The second kappa shape index (κ2) is 12.4. The molecule has 0 bridgehead atoms. The first-order valence-corrected chi connectivity index (χ1v) is 13.3. The number of primary amides is 2. The topological polar surface area (TPSA) is 137 Å². The number of anilines is 1. The highest BCUT2D eigenvalue weighted by Crippen LogP contribution is 2.32. The number of urea groups is 1. The molecule has 0 saturated heterocycles.